The van der Waals surface area contributed by atoms with Crippen LogP contribution in [0.5, 0.6) is 5.95 Å². The zero-order valence-corrected chi connectivity index (χ0v) is 11.0. The van der Waals surface area contributed by atoms with Crippen LogP contribution in [0.15, 0.2) is 35.3 Å². The van der Waals surface area contributed by atoms with Crippen LogP contribution in [0, 0.1) is 0 Å². The Bertz CT molecular complexity index is 519. The van der Waals surface area contributed by atoms with Crippen LogP contribution in [0.4, 0.5) is 0 Å². The Kier molecular flexibility index (Phi) is 4.22. The van der Waals surface area contributed by atoms with Gasteiger partial charge in [0.1, 0.15) is 0 Å². The zero-order valence-electron chi connectivity index (χ0n) is 11.0. The van der Waals surface area contributed by atoms with Gasteiger partial charge in [0.05, 0.1) is 13.4 Å². The number of carbonyl (C=O) groups is 1. The lowest BCUT2D eigenvalue weighted by atomic mass is 10.2. The van der Waals surface area contributed by atoms with Crippen LogP contribution < -0.4 is 10.1 Å². The highest BCUT2D eigenvalue weighted by Crippen LogP contribution is 2.15. The molecule has 1 amide bonds. The topological polar surface area (TPSA) is 69.3 Å². The Morgan fingerprint density at radius 1 is 1.58 bits per heavy atom. The molecule has 1 N–H and O–H groups in total. The van der Waals surface area contributed by atoms with Gasteiger partial charge in [-0.3, -0.25) is 4.79 Å². The van der Waals surface area contributed by atoms with Crippen molar-refractivity contribution in [3.63, 3.8) is 0 Å². The van der Waals surface area contributed by atoms with Crippen LogP contribution in [0.25, 0.3) is 0 Å². The molecule has 1 atom stereocenters. The van der Waals surface area contributed by atoms with E-state index in [-0.39, 0.29) is 17.7 Å². The Labute approximate surface area is 111 Å². The van der Waals surface area contributed by atoms with Crippen molar-refractivity contribution in [1.29, 1.82) is 0 Å². The van der Waals surface area contributed by atoms with E-state index < -0.39 is 0 Å². The number of hydrogen-bond donors (Lipinski definition) is 1. The molecule has 0 aromatic carbocycles. The first-order valence-corrected chi connectivity index (χ1v) is 6.13. The molecule has 0 saturated carbocycles. The Morgan fingerprint density at radius 2 is 2.42 bits per heavy atom. The lowest BCUT2D eigenvalue weighted by molar-refractivity contribution is 0.0897. The third kappa shape index (κ3) is 3.37. The standard InChI is InChI=1S/C13H17N3O3/c1-3-10(8-16-7-6-14-9-16)15-13(17)11-4-5-12(18-2)19-11/h4-7,9-10H,3,8H2,1-2H3,(H,15,17)/t10-/m1/s1. The minimum Gasteiger partial charge on any atom is -0.468 e. The van der Waals surface area contributed by atoms with Gasteiger partial charge in [0, 0.05) is 31.0 Å². The Balaban J connectivity index is 1.95. The molecule has 2 aromatic heterocycles. The fourth-order valence-electron chi connectivity index (χ4n) is 1.73. The molecule has 0 aliphatic carbocycles. The average molecular weight is 263 g/mol. The molecule has 0 aliphatic rings. The highest BCUT2D eigenvalue weighted by atomic mass is 16.6. The summed E-state index contributed by atoms with van der Waals surface area (Å²) in [6.07, 6.45) is 6.13. The second-order valence-corrected chi connectivity index (χ2v) is 4.16. The van der Waals surface area contributed by atoms with Crippen molar-refractivity contribution in [2.45, 2.75) is 25.9 Å². The number of methoxy groups -OCH3 is 1. The second kappa shape index (κ2) is 6.08. The van der Waals surface area contributed by atoms with Crippen molar-refractivity contribution in [3.8, 4) is 5.95 Å². The molecule has 0 fully saturated rings. The zero-order chi connectivity index (χ0) is 13.7. The molecule has 0 saturated heterocycles. The first kappa shape index (κ1) is 13.2. The summed E-state index contributed by atoms with van der Waals surface area (Å²) in [6.45, 7) is 2.70. The first-order chi connectivity index (χ1) is 9.22. The molecule has 6 nitrogen and oxygen atoms in total. The third-order valence-electron chi connectivity index (χ3n) is 2.82. The molecular weight excluding hydrogens is 246 g/mol. The summed E-state index contributed by atoms with van der Waals surface area (Å²) in [6, 6.07) is 3.24. The number of nitrogens with zero attached hydrogens (tertiary/aromatic N) is 2. The van der Waals surface area contributed by atoms with Crippen LogP contribution in [-0.4, -0.2) is 28.6 Å². The lowest BCUT2D eigenvalue weighted by Gasteiger charge is -2.16. The van der Waals surface area contributed by atoms with Gasteiger partial charge in [-0.2, -0.15) is 0 Å². The number of carbonyl (C=O) groups excluding carboxylic acids is 1. The molecule has 0 radical (unpaired) electrons. The van der Waals surface area contributed by atoms with E-state index in [1.807, 2.05) is 17.7 Å². The molecule has 0 bridgehead atoms. The van der Waals surface area contributed by atoms with Gasteiger partial charge in [-0.15, -0.1) is 0 Å². The molecule has 19 heavy (non-hydrogen) atoms. The van der Waals surface area contributed by atoms with Gasteiger partial charge in [0.2, 0.25) is 0 Å². The molecule has 0 spiro atoms. The average Bonchev–Trinajstić information content (AvgIpc) is 3.08. The number of furan rings is 1. The van der Waals surface area contributed by atoms with Crippen molar-refractivity contribution >= 4 is 5.91 Å². The van der Waals surface area contributed by atoms with Gasteiger partial charge < -0.3 is 19.0 Å². The maximum atomic E-state index is 12.0. The van der Waals surface area contributed by atoms with E-state index in [0.29, 0.717) is 12.5 Å². The predicted molar refractivity (Wildman–Crippen MR) is 69.0 cm³/mol. The Morgan fingerprint density at radius 3 is 3.00 bits per heavy atom. The van der Waals surface area contributed by atoms with Crippen LogP contribution in [0.2, 0.25) is 0 Å². The minimum absolute atomic E-state index is 0.0257. The van der Waals surface area contributed by atoms with Gasteiger partial charge in [0.15, 0.2) is 5.76 Å². The number of imidazole rings is 1. The molecule has 102 valence electrons. The van der Waals surface area contributed by atoms with Crippen molar-refractivity contribution in [2.75, 3.05) is 7.11 Å². The molecular formula is C13H17N3O3. The van der Waals surface area contributed by atoms with E-state index in [9.17, 15) is 4.79 Å². The lowest BCUT2D eigenvalue weighted by Crippen LogP contribution is -2.37. The maximum absolute atomic E-state index is 12.0. The van der Waals surface area contributed by atoms with E-state index in [2.05, 4.69) is 10.3 Å². The van der Waals surface area contributed by atoms with E-state index in [4.69, 9.17) is 9.15 Å². The normalized spacial score (nSPS) is 12.1. The van der Waals surface area contributed by atoms with Crippen molar-refractivity contribution in [3.05, 3.63) is 36.6 Å². The van der Waals surface area contributed by atoms with Crippen LogP contribution >= 0.6 is 0 Å². The number of aromatic nitrogens is 2. The van der Waals surface area contributed by atoms with Crippen molar-refractivity contribution in [2.24, 2.45) is 0 Å². The van der Waals surface area contributed by atoms with E-state index in [1.54, 1.807) is 24.7 Å². The number of rotatable bonds is 6. The first-order valence-electron chi connectivity index (χ1n) is 6.13. The number of ether oxygens (including phenoxy) is 1. The Hall–Kier alpha value is -2.24. The monoisotopic (exact) mass is 263 g/mol. The molecule has 2 aromatic rings. The fraction of sp³-hybridized carbons (Fsp3) is 0.385. The van der Waals surface area contributed by atoms with E-state index in [1.165, 1.54) is 7.11 Å². The van der Waals surface area contributed by atoms with Crippen molar-refractivity contribution < 1.29 is 13.9 Å². The highest BCUT2D eigenvalue weighted by Gasteiger charge is 2.16. The van der Waals surface area contributed by atoms with Crippen LogP contribution in [0.3, 0.4) is 0 Å². The number of amides is 1. The molecule has 0 unspecified atom stereocenters. The summed E-state index contributed by atoms with van der Waals surface area (Å²) in [5.41, 5.74) is 0. The fourth-order valence-corrected chi connectivity index (χ4v) is 1.73. The largest absolute Gasteiger partial charge is 0.468 e. The highest BCUT2D eigenvalue weighted by molar-refractivity contribution is 5.91. The summed E-state index contributed by atoms with van der Waals surface area (Å²) >= 11 is 0. The minimum atomic E-state index is -0.240. The van der Waals surface area contributed by atoms with Crippen LogP contribution in [0.1, 0.15) is 23.9 Å². The quantitative estimate of drug-likeness (QED) is 0.861. The molecule has 6 heteroatoms. The number of hydrogen-bond acceptors (Lipinski definition) is 4. The summed E-state index contributed by atoms with van der Waals surface area (Å²) in [7, 11) is 1.49. The molecule has 2 rings (SSSR count). The van der Waals surface area contributed by atoms with E-state index in [0.717, 1.165) is 6.42 Å². The van der Waals surface area contributed by atoms with Crippen LogP contribution in [-0.2, 0) is 6.54 Å². The maximum Gasteiger partial charge on any atom is 0.287 e. The SMILES string of the molecule is CC[C@H](Cn1ccnc1)NC(=O)c1ccc(OC)o1. The summed E-state index contributed by atoms with van der Waals surface area (Å²) in [5, 5.41) is 2.92. The van der Waals surface area contributed by atoms with Crippen molar-refractivity contribution in [1.82, 2.24) is 14.9 Å². The van der Waals surface area contributed by atoms with Gasteiger partial charge in [-0.1, -0.05) is 6.92 Å². The number of nitrogens with one attached hydrogen (secondary N) is 1. The molecule has 0 aliphatic heterocycles. The summed E-state index contributed by atoms with van der Waals surface area (Å²) in [5.74, 6) is 0.337. The summed E-state index contributed by atoms with van der Waals surface area (Å²) < 4.78 is 12.1. The molecule has 2 heterocycles. The summed E-state index contributed by atoms with van der Waals surface area (Å²) in [4.78, 5) is 16.0. The van der Waals surface area contributed by atoms with Gasteiger partial charge in [-0.25, -0.2) is 4.98 Å². The predicted octanol–water partition coefficient (Wildman–Crippen LogP) is 1.69. The van der Waals surface area contributed by atoms with Gasteiger partial charge >= 0.3 is 0 Å². The second-order valence-electron chi connectivity index (χ2n) is 4.16. The van der Waals surface area contributed by atoms with E-state index >= 15 is 0 Å². The third-order valence-corrected chi connectivity index (χ3v) is 2.82. The smallest absolute Gasteiger partial charge is 0.287 e. The van der Waals surface area contributed by atoms with Gasteiger partial charge in [-0.05, 0) is 12.5 Å². The van der Waals surface area contributed by atoms with Gasteiger partial charge in [0.25, 0.3) is 11.9 Å².